The Morgan fingerprint density at radius 1 is 1.10 bits per heavy atom. The van der Waals surface area contributed by atoms with E-state index < -0.39 is 11.6 Å². The average Bonchev–Trinajstić information content (AvgIpc) is 2.45. The van der Waals surface area contributed by atoms with Gasteiger partial charge in [-0.1, -0.05) is 6.92 Å². The minimum absolute atomic E-state index is 0.0159. The molecule has 0 spiro atoms. The van der Waals surface area contributed by atoms with Crippen molar-refractivity contribution in [2.75, 3.05) is 10.7 Å². The van der Waals surface area contributed by atoms with Crippen LogP contribution in [0.5, 0.6) is 0 Å². The van der Waals surface area contributed by atoms with Gasteiger partial charge in [0.25, 0.3) is 0 Å². The van der Waals surface area contributed by atoms with E-state index in [1.165, 1.54) is 13.0 Å². The Kier molecular flexibility index (Phi) is 4.64. The number of nitrogens with one attached hydrogen (secondary N) is 2. The van der Waals surface area contributed by atoms with Crippen LogP contribution in [0.2, 0.25) is 0 Å². The monoisotopic (exact) mass is 293 g/mol. The topological polar surface area (TPSA) is 75.9 Å². The van der Waals surface area contributed by atoms with Crippen molar-refractivity contribution in [2.24, 2.45) is 5.84 Å². The summed E-state index contributed by atoms with van der Waals surface area (Å²) in [7, 11) is 0. The highest BCUT2D eigenvalue weighted by Crippen LogP contribution is 2.23. The first-order chi connectivity index (χ1) is 10.0. The highest BCUT2D eigenvalue weighted by molar-refractivity contribution is 5.60. The SMILES string of the molecule is CCCc1nc(NN)cc(Nc2cc(F)c(C)cc2F)n1. The van der Waals surface area contributed by atoms with Crippen molar-refractivity contribution < 1.29 is 8.78 Å². The third kappa shape index (κ3) is 3.63. The second-order valence-corrected chi connectivity index (χ2v) is 4.66. The molecule has 5 nitrogen and oxygen atoms in total. The second kappa shape index (κ2) is 6.45. The quantitative estimate of drug-likeness (QED) is 0.583. The zero-order valence-electron chi connectivity index (χ0n) is 11.9. The summed E-state index contributed by atoms with van der Waals surface area (Å²) < 4.78 is 27.4. The normalized spacial score (nSPS) is 10.5. The van der Waals surface area contributed by atoms with Crippen LogP contribution in [0.15, 0.2) is 18.2 Å². The van der Waals surface area contributed by atoms with Crippen molar-refractivity contribution in [1.82, 2.24) is 9.97 Å². The van der Waals surface area contributed by atoms with Crippen LogP contribution < -0.4 is 16.6 Å². The molecule has 0 atom stereocenters. The molecule has 0 aliphatic carbocycles. The summed E-state index contributed by atoms with van der Waals surface area (Å²) in [4.78, 5) is 8.43. The van der Waals surface area contributed by atoms with E-state index in [0.29, 0.717) is 23.9 Å². The number of hydrogen-bond acceptors (Lipinski definition) is 5. The van der Waals surface area contributed by atoms with Gasteiger partial charge in [-0.2, -0.15) is 0 Å². The van der Waals surface area contributed by atoms with Gasteiger partial charge in [-0.3, -0.25) is 0 Å². The smallest absolute Gasteiger partial charge is 0.147 e. The first-order valence-electron chi connectivity index (χ1n) is 6.60. The Balaban J connectivity index is 2.34. The van der Waals surface area contributed by atoms with Crippen LogP contribution in [-0.2, 0) is 6.42 Å². The predicted molar refractivity (Wildman–Crippen MR) is 78.2 cm³/mol. The molecule has 4 N–H and O–H groups in total. The zero-order chi connectivity index (χ0) is 15.4. The molecule has 112 valence electrons. The van der Waals surface area contributed by atoms with E-state index in [9.17, 15) is 8.78 Å². The molecule has 1 heterocycles. The Morgan fingerprint density at radius 3 is 2.48 bits per heavy atom. The van der Waals surface area contributed by atoms with E-state index >= 15 is 0 Å². The van der Waals surface area contributed by atoms with Crippen LogP contribution in [0.25, 0.3) is 0 Å². The van der Waals surface area contributed by atoms with Gasteiger partial charge in [0.05, 0.1) is 5.69 Å². The molecule has 0 unspecified atom stereocenters. The molecular weight excluding hydrogens is 276 g/mol. The Bertz CT molecular complexity index is 646. The summed E-state index contributed by atoms with van der Waals surface area (Å²) in [5, 5.41) is 2.75. The molecule has 2 aromatic rings. The van der Waals surface area contributed by atoms with Crippen LogP contribution in [0.1, 0.15) is 24.7 Å². The maximum atomic E-state index is 13.8. The fourth-order valence-corrected chi connectivity index (χ4v) is 1.85. The van der Waals surface area contributed by atoms with Crippen molar-refractivity contribution in [3.63, 3.8) is 0 Å². The summed E-state index contributed by atoms with van der Waals surface area (Å²) in [5.41, 5.74) is 2.69. The molecule has 0 fully saturated rings. The maximum absolute atomic E-state index is 13.8. The molecule has 0 saturated heterocycles. The predicted octanol–water partition coefficient (Wildman–Crippen LogP) is 3.04. The number of halogens is 2. The van der Waals surface area contributed by atoms with E-state index in [2.05, 4.69) is 20.7 Å². The highest BCUT2D eigenvalue weighted by Gasteiger charge is 2.10. The fraction of sp³-hybridized carbons (Fsp3) is 0.286. The fourth-order valence-electron chi connectivity index (χ4n) is 1.85. The van der Waals surface area contributed by atoms with Gasteiger partial charge >= 0.3 is 0 Å². The van der Waals surface area contributed by atoms with E-state index in [4.69, 9.17) is 5.84 Å². The van der Waals surface area contributed by atoms with E-state index in [0.717, 1.165) is 18.6 Å². The van der Waals surface area contributed by atoms with Crippen molar-refractivity contribution in [3.8, 4) is 0 Å². The lowest BCUT2D eigenvalue weighted by molar-refractivity contribution is 0.595. The number of aromatic nitrogens is 2. The minimum Gasteiger partial charge on any atom is -0.338 e. The summed E-state index contributed by atoms with van der Waals surface area (Å²) in [6.07, 6.45) is 1.52. The van der Waals surface area contributed by atoms with Crippen LogP contribution >= 0.6 is 0 Å². The van der Waals surface area contributed by atoms with Gasteiger partial charge in [-0.15, -0.1) is 0 Å². The Hall–Kier alpha value is -2.28. The number of hydrogen-bond donors (Lipinski definition) is 3. The number of aryl methyl sites for hydroxylation is 2. The molecule has 0 radical (unpaired) electrons. The molecule has 0 amide bonds. The van der Waals surface area contributed by atoms with Crippen LogP contribution in [0, 0.1) is 18.6 Å². The largest absolute Gasteiger partial charge is 0.338 e. The number of rotatable bonds is 5. The van der Waals surface area contributed by atoms with Crippen molar-refractivity contribution >= 4 is 17.3 Å². The van der Waals surface area contributed by atoms with E-state index in [1.807, 2.05) is 6.92 Å². The molecule has 2 rings (SSSR count). The van der Waals surface area contributed by atoms with Gasteiger partial charge in [0, 0.05) is 18.6 Å². The third-order valence-electron chi connectivity index (χ3n) is 2.90. The molecular formula is C14H17F2N5. The van der Waals surface area contributed by atoms with E-state index in [-0.39, 0.29) is 11.3 Å². The Morgan fingerprint density at radius 2 is 1.81 bits per heavy atom. The first-order valence-corrected chi connectivity index (χ1v) is 6.60. The zero-order valence-corrected chi connectivity index (χ0v) is 11.9. The van der Waals surface area contributed by atoms with Gasteiger partial charge in [0.1, 0.15) is 29.1 Å². The lowest BCUT2D eigenvalue weighted by Gasteiger charge is -2.11. The average molecular weight is 293 g/mol. The van der Waals surface area contributed by atoms with Gasteiger partial charge in [-0.25, -0.2) is 24.6 Å². The summed E-state index contributed by atoms with van der Waals surface area (Å²) >= 11 is 0. The molecule has 7 heteroatoms. The van der Waals surface area contributed by atoms with Gasteiger partial charge in [-0.05, 0) is 25.0 Å². The van der Waals surface area contributed by atoms with Crippen molar-refractivity contribution in [1.29, 1.82) is 0 Å². The summed E-state index contributed by atoms with van der Waals surface area (Å²) in [5.74, 6) is 5.64. The molecule has 0 saturated carbocycles. The third-order valence-corrected chi connectivity index (χ3v) is 2.90. The minimum atomic E-state index is -0.549. The standard InChI is InChI=1S/C14H17F2N5/c1-3-4-12-19-13(7-14(20-12)21-17)18-11-6-9(15)8(2)5-10(11)16/h5-7H,3-4,17H2,1-2H3,(H2,18,19,20,21). The van der Waals surface area contributed by atoms with Gasteiger partial charge < -0.3 is 10.7 Å². The number of nitrogens with zero attached hydrogens (tertiary/aromatic N) is 2. The molecule has 1 aromatic carbocycles. The lowest BCUT2D eigenvalue weighted by Crippen LogP contribution is -2.11. The van der Waals surface area contributed by atoms with Gasteiger partial charge in [0.15, 0.2) is 0 Å². The summed E-state index contributed by atoms with van der Waals surface area (Å²) in [6.45, 7) is 3.50. The number of anilines is 3. The second-order valence-electron chi connectivity index (χ2n) is 4.66. The molecule has 0 aliphatic heterocycles. The van der Waals surface area contributed by atoms with Crippen LogP contribution in [0.4, 0.5) is 26.1 Å². The maximum Gasteiger partial charge on any atom is 0.147 e. The number of nitrogens with two attached hydrogens (primary N) is 1. The van der Waals surface area contributed by atoms with Crippen LogP contribution in [0.3, 0.4) is 0 Å². The van der Waals surface area contributed by atoms with E-state index in [1.54, 1.807) is 0 Å². The lowest BCUT2D eigenvalue weighted by atomic mass is 10.2. The first kappa shape index (κ1) is 15.1. The van der Waals surface area contributed by atoms with Crippen molar-refractivity contribution in [3.05, 3.63) is 41.2 Å². The number of nitrogen functional groups attached to an aromatic ring is 1. The summed E-state index contributed by atoms with van der Waals surface area (Å²) in [6, 6.07) is 3.76. The number of benzene rings is 1. The molecule has 1 aromatic heterocycles. The van der Waals surface area contributed by atoms with Gasteiger partial charge in [0.2, 0.25) is 0 Å². The van der Waals surface area contributed by atoms with Crippen molar-refractivity contribution in [2.45, 2.75) is 26.7 Å². The Labute approximate surface area is 121 Å². The number of hydrazine groups is 1. The molecule has 0 bridgehead atoms. The molecule has 0 aliphatic rings. The highest BCUT2D eigenvalue weighted by atomic mass is 19.1. The van der Waals surface area contributed by atoms with Crippen LogP contribution in [-0.4, -0.2) is 9.97 Å². The molecule has 21 heavy (non-hydrogen) atoms.